The standard InChI is InChI=1S/C5H5N5O2/c6-12-4-2-1-3-7-8-5(11)10(3)9-4/h1-2H,6H2,(H,8,11). The van der Waals surface area contributed by atoms with Gasteiger partial charge in [0.1, 0.15) is 0 Å². The Kier molecular flexibility index (Phi) is 1.31. The molecule has 0 spiro atoms. The summed E-state index contributed by atoms with van der Waals surface area (Å²) in [6.07, 6.45) is 0. The van der Waals surface area contributed by atoms with Crippen LogP contribution in [0.1, 0.15) is 0 Å². The van der Waals surface area contributed by atoms with Gasteiger partial charge in [-0.05, 0) is 6.07 Å². The van der Waals surface area contributed by atoms with Crippen molar-refractivity contribution in [3.05, 3.63) is 22.6 Å². The lowest BCUT2D eigenvalue weighted by atomic mass is 10.5. The zero-order chi connectivity index (χ0) is 8.55. The smallest absolute Gasteiger partial charge is 0.364 e. The summed E-state index contributed by atoms with van der Waals surface area (Å²) in [6.45, 7) is 0. The molecule has 0 aliphatic rings. The minimum atomic E-state index is -0.427. The number of nitrogens with zero attached hydrogens (tertiary/aromatic N) is 3. The van der Waals surface area contributed by atoms with E-state index in [1.54, 1.807) is 6.07 Å². The zero-order valence-electron chi connectivity index (χ0n) is 5.89. The Bertz CT molecular complexity index is 458. The third kappa shape index (κ3) is 0.839. The minimum Gasteiger partial charge on any atom is -0.390 e. The number of nitrogens with two attached hydrogens (primary N) is 1. The van der Waals surface area contributed by atoms with E-state index in [0.717, 1.165) is 4.52 Å². The molecule has 12 heavy (non-hydrogen) atoms. The molecule has 0 amide bonds. The largest absolute Gasteiger partial charge is 0.390 e. The number of hydrogen-bond donors (Lipinski definition) is 2. The third-order valence-corrected chi connectivity index (χ3v) is 1.37. The molecule has 0 aliphatic carbocycles. The van der Waals surface area contributed by atoms with E-state index in [-0.39, 0.29) is 5.88 Å². The highest BCUT2D eigenvalue weighted by Crippen LogP contribution is 2.02. The SMILES string of the molecule is NOc1ccc2n[nH]c(=O)n2n1. The Morgan fingerprint density at radius 3 is 3.17 bits per heavy atom. The van der Waals surface area contributed by atoms with E-state index in [9.17, 15) is 4.79 Å². The van der Waals surface area contributed by atoms with Crippen molar-refractivity contribution >= 4 is 5.65 Å². The summed E-state index contributed by atoms with van der Waals surface area (Å²) in [6, 6.07) is 3.07. The highest BCUT2D eigenvalue weighted by atomic mass is 16.6. The molecule has 62 valence electrons. The Labute approximate surface area is 65.7 Å². The Morgan fingerprint density at radius 1 is 1.58 bits per heavy atom. The first-order chi connectivity index (χ1) is 5.81. The van der Waals surface area contributed by atoms with Gasteiger partial charge in [-0.1, -0.05) is 0 Å². The van der Waals surface area contributed by atoms with Crippen LogP contribution in [0.15, 0.2) is 16.9 Å². The Balaban J connectivity index is 2.80. The van der Waals surface area contributed by atoms with Gasteiger partial charge in [-0.3, -0.25) is 0 Å². The average molecular weight is 167 g/mol. The van der Waals surface area contributed by atoms with Gasteiger partial charge in [0.2, 0.25) is 0 Å². The van der Waals surface area contributed by atoms with Gasteiger partial charge in [0.05, 0.1) is 0 Å². The fraction of sp³-hybridized carbons (Fsp3) is 0. The zero-order valence-corrected chi connectivity index (χ0v) is 5.89. The molecule has 2 rings (SSSR count). The highest BCUT2D eigenvalue weighted by molar-refractivity contribution is 5.35. The van der Waals surface area contributed by atoms with Crippen molar-refractivity contribution in [1.29, 1.82) is 0 Å². The van der Waals surface area contributed by atoms with E-state index < -0.39 is 5.69 Å². The fourth-order valence-electron chi connectivity index (χ4n) is 0.849. The van der Waals surface area contributed by atoms with E-state index in [4.69, 9.17) is 5.90 Å². The molecule has 0 unspecified atom stereocenters. The van der Waals surface area contributed by atoms with Crippen LogP contribution in [-0.2, 0) is 0 Å². The summed E-state index contributed by atoms with van der Waals surface area (Å²) in [5.74, 6) is 5.01. The summed E-state index contributed by atoms with van der Waals surface area (Å²) in [4.78, 5) is 15.3. The number of rotatable bonds is 1. The van der Waals surface area contributed by atoms with Crippen LogP contribution in [0.2, 0.25) is 0 Å². The molecule has 0 bridgehead atoms. The van der Waals surface area contributed by atoms with Gasteiger partial charge in [-0.2, -0.15) is 15.5 Å². The number of fused-ring (bicyclic) bond motifs is 1. The van der Waals surface area contributed by atoms with Crippen molar-refractivity contribution in [1.82, 2.24) is 19.8 Å². The molecular weight excluding hydrogens is 162 g/mol. The summed E-state index contributed by atoms with van der Waals surface area (Å²) in [5, 5.41) is 9.60. The second-order valence-corrected chi connectivity index (χ2v) is 2.09. The molecule has 0 fully saturated rings. The molecule has 2 heterocycles. The van der Waals surface area contributed by atoms with E-state index in [2.05, 4.69) is 20.1 Å². The van der Waals surface area contributed by atoms with Crippen LogP contribution in [0, 0.1) is 0 Å². The maximum Gasteiger partial charge on any atom is 0.364 e. The summed E-state index contributed by atoms with van der Waals surface area (Å²) in [7, 11) is 0. The van der Waals surface area contributed by atoms with Crippen molar-refractivity contribution in [3.63, 3.8) is 0 Å². The van der Waals surface area contributed by atoms with Crippen molar-refractivity contribution in [2.75, 3.05) is 0 Å². The predicted molar refractivity (Wildman–Crippen MR) is 38.4 cm³/mol. The van der Waals surface area contributed by atoms with Crippen molar-refractivity contribution < 1.29 is 4.84 Å². The molecule has 0 aliphatic heterocycles. The number of aromatic nitrogens is 4. The van der Waals surface area contributed by atoms with Gasteiger partial charge in [-0.15, -0.1) is 5.10 Å². The first kappa shape index (κ1) is 6.80. The number of aromatic amines is 1. The van der Waals surface area contributed by atoms with Crippen LogP contribution in [0.3, 0.4) is 0 Å². The second kappa shape index (κ2) is 2.31. The molecule has 7 heteroatoms. The summed E-state index contributed by atoms with van der Waals surface area (Å²) in [5.41, 5.74) is -0.00954. The lowest BCUT2D eigenvalue weighted by Gasteiger charge is -1.94. The Hall–Kier alpha value is -1.89. The molecule has 3 N–H and O–H groups in total. The lowest BCUT2D eigenvalue weighted by Crippen LogP contribution is -2.14. The summed E-state index contributed by atoms with van der Waals surface area (Å²) < 4.78 is 1.06. The first-order valence-electron chi connectivity index (χ1n) is 3.12. The van der Waals surface area contributed by atoms with Crippen molar-refractivity contribution in [3.8, 4) is 5.88 Å². The number of nitrogens with one attached hydrogen (secondary N) is 1. The lowest BCUT2D eigenvalue weighted by molar-refractivity contribution is 0.315. The maximum absolute atomic E-state index is 10.9. The molecule has 0 saturated carbocycles. The minimum absolute atomic E-state index is 0.158. The Morgan fingerprint density at radius 2 is 2.42 bits per heavy atom. The first-order valence-corrected chi connectivity index (χ1v) is 3.12. The molecule has 2 aromatic heterocycles. The van der Waals surface area contributed by atoms with Crippen LogP contribution < -0.4 is 16.4 Å². The third-order valence-electron chi connectivity index (χ3n) is 1.37. The van der Waals surface area contributed by atoms with Crippen molar-refractivity contribution in [2.45, 2.75) is 0 Å². The molecule has 0 aromatic carbocycles. The van der Waals surface area contributed by atoms with E-state index in [1.165, 1.54) is 6.07 Å². The van der Waals surface area contributed by atoms with Crippen LogP contribution >= 0.6 is 0 Å². The van der Waals surface area contributed by atoms with Crippen LogP contribution in [-0.4, -0.2) is 19.8 Å². The quantitative estimate of drug-likeness (QED) is 0.513. The van der Waals surface area contributed by atoms with Gasteiger partial charge in [0.25, 0.3) is 5.88 Å². The monoisotopic (exact) mass is 167 g/mol. The van der Waals surface area contributed by atoms with Gasteiger partial charge in [0.15, 0.2) is 5.65 Å². The molecule has 0 radical (unpaired) electrons. The number of hydrogen-bond acceptors (Lipinski definition) is 5. The number of H-pyrrole nitrogens is 1. The van der Waals surface area contributed by atoms with Gasteiger partial charge < -0.3 is 4.84 Å². The molecule has 7 nitrogen and oxygen atoms in total. The van der Waals surface area contributed by atoms with E-state index in [0.29, 0.717) is 5.65 Å². The van der Waals surface area contributed by atoms with Gasteiger partial charge in [-0.25, -0.2) is 9.89 Å². The maximum atomic E-state index is 10.9. The fourth-order valence-corrected chi connectivity index (χ4v) is 0.849. The van der Waals surface area contributed by atoms with E-state index >= 15 is 0 Å². The van der Waals surface area contributed by atoms with Crippen molar-refractivity contribution in [2.24, 2.45) is 5.90 Å². The highest BCUT2D eigenvalue weighted by Gasteiger charge is 2.01. The summed E-state index contributed by atoms with van der Waals surface area (Å²) >= 11 is 0. The molecule has 2 aromatic rings. The van der Waals surface area contributed by atoms with Gasteiger partial charge in [0, 0.05) is 6.07 Å². The van der Waals surface area contributed by atoms with E-state index in [1.807, 2.05) is 0 Å². The van der Waals surface area contributed by atoms with Gasteiger partial charge >= 0.3 is 5.69 Å². The second-order valence-electron chi connectivity index (χ2n) is 2.09. The normalized spacial score (nSPS) is 10.4. The molecular formula is C5H5N5O2. The molecule has 0 atom stereocenters. The molecule has 0 saturated heterocycles. The average Bonchev–Trinajstić information content (AvgIpc) is 2.47. The van der Waals surface area contributed by atoms with Crippen LogP contribution in [0.4, 0.5) is 0 Å². The predicted octanol–water partition coefficient (Wildman–Crippen LogP) is -1.33. The van der Waals surface area contributed by atoms with Crippen LogP contribution in [0.25, 0.3) is 5.65 Å². The van der Waals surface area contributed by atoms with Crippen LogP contribution in [0.5, 0.6) is 5.88 Å². The topological polar surface area (TPSA) is 98.3 Å².